The molecule has 0 radical (unpaired) electrons. The Hall–Kier alpha value is -1.70. The van der Waals surface area contributed by atoms with E-state index < -0.39 is 6.35 Å². The summed E-state index contributed by atoms with van der Waals surface area (Å²) in [6.07, 6.45) is 0.845. The normalized spacial score (nSPS) is 20.3. The molecule has 1 aliphatic rings. The number of hydrogen-bond acceptors (Lipinski definition) is 5. The van der Waals surface area contributed by atoms with Crippen LogP contribution in [0.1, 0.15) is 12.0 Å². The summed E-state index contributed by atoms with van der Waals surface area (Å²) in [5, 5.41) is 21.0. The summed E-state index contributed by atoms with van der Waals surface area (Å²) in [4.78, 5) is 24.8. The Morgan fingerprint density at radius 1 is 1.42 bits per heavy atom. The van der Waals surface area contributed by atoms with Gasteiger partial charge in [0.25, 0.3) is 5.56 Å². The molecule has 1 aromatic heterocycles. The highest BCUT2D eigenvalue weighted by Gasteiger charge is 2.24. The van der Waals surface area contributed by atoms with E-state index in [4.69, 9.17) is 5.11 Å². The molecule has 0 aromatic carbocycles. The number of hydrogen-bond donors (Lipinski definition) is 3. The van der Waals surface area contributed by atoms with Crippen LogP contribution in [-0.4, -0.2) is 45.1 Å². The topological polar surface area (TPSA) is 94.8 Å². The van der Waals surface area contributed by atoms with Gasteiger partial charge < -0.3 is 20.1 Å². The average Bonchev–Trinajstić information content (AvgIpc) is 2.37. The number of carbonyl (C=O) groups is 1. The minimum atomic E-state index is -1.06. The van der Waals surface area contributed by atoms with Gasteiger partial charge in [-0.2, -0.15) is 0 Å². The Bertz CT molecular complexity index is 514. The second kappa shape index (κ2) is 5.96. The number of pyridine rings is 1. The monoisotopic (exact) mass is 267 g/mol. The Kier molecular flexibility index (Phi) is 4.31. The molecule has 1 saturated heterocycles. The fourth-order valence-electron chi connectivity index (χ4n) is 2.05. The van der Waals surface area contributed by atoms with Gasteiger partial charge in [0, 0.05) is 37.8 Å². The highest BCUT2D eigenvalue weighted by Crippen LogP contribution is 2.07. The lowest BCUT2D eigenvalue weighted by atomic mass is 10.2. The Labute approximate surface area is 110 Å². The molecule has 2 rings (SSSR count). The van der Waals surface area contributed by atoms with Crippen molar-refractivity contribution in [1.29, 1.82) is 0 Å². The molecule has 7 nitrogen and oxygen atoms in total. The number of rotatable bonds is 4. The summed E-state index contributed by atoms with van der Waals surface area (Å²) in [5.41, 5.74) is 0.326. The van der Waals surface area contributed by atoms with Gasteiger partial charge in [-0.3, -0.25) is 14.5 Å². The molecule has 104 valence electrons. The van der Waals surface area contributed by atoms with E-state index in [2.05, 4.69) is 5.32 Å². The van der Waals surface area contributed by atoms with Crippen LogP contribution >= 0.6 is 0 Å². The number of nitrogens with one attached hydrogen (secondary N) is 1. The van der Waals surface area contributed by atoms with Gasteiger partial charge in [0.1, 0.15) is 0 Å². The molecule has 0 spiro atoms. The lowest BCUT2D eigenvalue weighted by Gasteiger charge is -2.32. The molecule has 0 saturated carbocycles. The van der Waals surface area contributed by atoms with Gasteiger partial charge in [0.2, 0.25) is 5.91 Å². The summed E-state index contributed by atoms with van der Waals surface area (Å²) in [5.74, 6) is -0.200. The Morgan fingerprint density at radius 3 is 2.89 bits per heavy atom. The van der Waals surface area contributed by atoms with Crippen molar-refractivity contribution >= 4 is 5.91 Å². The summed E-state index contributed by atoms with van der Waals surface area (Å²) >= 11 is 0. The molecule has 19 heavy (non-hydrogen) atoms. The SMILES string of the molecule is O=C1CCN(Cc2cccn(CCO)c2=O)C(O)N1. The third-order valence-electron chi connectivity index (χ3n) is 3.08. The lowest BCUT2D eigenvalue weighted by Crippen LogP contribution is -2.53. The standard InChI is InChI=1S/C12H17N3O4/c16-7-6-14-4-1-2-9(11(14)18)8-15-5-3-10(17)13-12(15)19/h1-2,4,12,16,19H,3,5-8H2,(H,13,17). The van der Waals surface area contributed by atoms with Gasteiger partial charge in [-0.1, -0.05) is 6.07 Å². The van der Waals surface area contributed by atoms with Gasteiger partial charge >= 0.3 is 0 Å². The van der Waals surface area contributed by atoms with E-state index >= 15 is 0 Å². The van der Waals surface area contributed by atoms with Crippen LogP contribution in [0.3, 0.4) is 0 Å². The number of nitrogens with zero attached hydrogens (tertiary/aromatic N) is 2. The highest BCUT2D eigenvalue weighted by molar-refractivity contribution is 5.76. The first kappa shape index (κ1) is 13.7. The molecule has 1 atom stereocenters. The maximum absolute atomic E-state index is 12.1. The van der Waals surface area contributed by atoms with Crippen LogP contribution in [0.25, 0.3) is 0 Å². The van der Waals surface area contributed by atoms with E-state index in [1.54, 1.807) is 23.2 Å². The second-order valence-corrected chi connectivity index (χ2v) is 4.42. The van der Waals surface area contributed by atoms with Crippen molar-refractivity contribution in [2.24, 2.45) is 0 Å². The minimum absolute atomic E-state index is 0.105. The van der Waals surface area contributed by atoms with Crippen LogP contribution in [0, 0.1) is 0 Å². The lowest BCUT2D eigenvalue weighted by molar-refractivity contribution is -0.136. The number of aliphatic hydroxyl groups is 2. The third kappa shape index (κ3) is 3.19. The molecule has 0 aliphatic carbocycles. The predicted molar refractivity (Wildman–Crippen MR) is 67.0 cm³/mol. The molecule has 1 aliphatic heterocycles. The van der Waals surface area contributed by atoms with Crippen LogP contribution in [0.5, 0.6) is 0 Å². The fourth-order valence-corrected chi connectivity index (χ4v) is 2.05. The van der Waals surface area contributed by atoms with E-state index in [0.29, 0.717) is 18.5 Å². The molecular weight excluding hydrogens is 250 g/mol. The van der Waals surface area contributed by atoms with Gasteiger partial charge in [0.15, 0.2) is 6.35 Å². The zero-order valence-electron chi connectivity index (χ0n) is 10.5. The summed E-state index contributed by atoms with van der Waals surface area (Å²) in [6, 6.07) is 3.40. The maximum Gasteiger partial charge on any atom is 0.255 e. The van der Waals surface area contributed by atoms with E-state index in [1.807, 2.05) is 0 Å². The predicted octanol–water partition coefficient (Wildman–Crippen LogP) is -1.56. The molecule has 3 N–H and O–H groups in total. The summed E-state index contributed by atoms with van der Waals surface area (Å²) in [7, 11) is 0. The number of aromatic nitrogens is 1. The number of aliphatic hydroxyl groups excluding tert-OH is 2. The maximum atomic E-state index is 12.1. The first-order valence-electron chi connectivity index (χ1n) is 6.12. The van der Waals surface area contributed by atoms with Gasteiger partial charge in [-0.25, -0.2) is 0 Å². The van der Waals surface area contributed by atoms with Crippen LogP contribution in [0.2, 0.25) is 0 Å². The van der Waals surface area contributed by atoms with E-state index in [0.717, 1.165) is 0 Å². The van der Waals surface area contributed by atoms with Crippen LogP contribution in [-0.2, 0) is 17.9 Å². The van der Waals surface area contributed by atoms with Crippen LogP contribution in [0.15, 0.2) is 23.1 Å². The van der Waals surface area contributed by atoms with Crippen molar-refractivity contribution in [2.45, 2.75) is 25.9 Å². The minimum Gasteiger partial charge on any atom is -0.395 e. The van der Waals surface area contributed by atoms with Crippen LogP contribution in [0.4, 0.5) is 0 Å². The smallest absolute Gasteiger partial charge is 0.255 e. The molecule has 1 aromatic rings. The van der Waals surface area contributed by atoms with Crippen molar-refractivity contribution in [1.82, 2.24) is 14.8 Å². The molecule has 2 heterocycles. The van der Waals surface area contributed by atoms with Crippen molar-refractivity contribution in [3.63, 3.8) is 0 Å². The Balaban J connectivity index is 2.13. The van der Waals surface area contributed by atoms with Crippen molar-refractivity contribution in [3.8, 4) is 0 Å². The van der Waals surface area contributed by atoms with Gasteiger partial charge in [-0.15, -0.1) is 0 Å². The van der Waals surface area contributed by atoms with E-state index in [-0.39, 0.29) is 31.2 Å². The first-order valence-corrected chi connectivity index (χ1v) is 6.12. The molecular formula is C12H17N3O4. The average molecular weight is 267 g/mol. The van der Waals surface area contributed by atoms with E-state index in [1.165, 1.54) is 4.57 Å². The van der Waals surface area contributed by atoms with Crippen LogP contribution < -0.4 is 10.9 Å². The van der Waals surface area contributed by atoms with Crippen molar-refractivity contribution in [3.05, 3.63) is 34.2 Å². The largest absolute Gasteiger partial charge is 0.395 e. The molecule has 0 bridgehead atoms. The molecule has 1 fully saturated rings. The summed E-state index contributed by atoms with van der Waals surface area (Å²) < 4.78 is 1.42. The zero-order chi connectivity index (χ0) is 13.8. The van der Waals surface area contributed by atoms with Crippen molar-refractivity contribution < 1.29 is 15.0 Å². The second-order valence-electron chi connectivity index (χ2n) is 4.42. The van der Waals surface area contributed by atoms with Gasteiger partial charge in [0.05, 0.1) is 6.61 Å². The molecule has 7 heteroatoms. The quantitative estimate of drug-likeness (QED) is 0.613. The number of carbonyl (C=O) groups excluding carboxylic acids is 1. The number of amides is 1. The highest BCUT2D eigenvalue weighted by atomic mass is 16.3. The van der Waals surface area contributed by atoms with E-state index in [9.17, 15) is 14.7 Å². The first-order chi connectivity index (χ1) is 9.11. The molecule has 1 amide bonds. The molecule has 1 unspecified atom stereocenters. The third-order valence-corrected chi connectivity index (χ3v) is 3.08. The summed E-state index contributed by atoms with van der Waals surface area (Å²) in [6.45, 7) is 0.797. The van der Waals surface area contributed by atoms with Gasteiger partial charge in [-0.05, 0) is 6.07 Å². The zero-order valence-corrected chi connectivity index (χ0v) is 10.5. The Morgan fingerprint density at radius 2 is 2.21 bits per heavy atom. The van der Waals surface area contributed by atoms with Crippen molar-refractivity contribution in [2.75, 3.05) is 13.2 Å². The fraction of sp³-hybridized carbons (Fsp3) is 0.500.